The summed E-state index contributed by atoms with van der Waals surface area (Å²) in [6.45, 7) is 4.57. The fourth-order valence-corrected chi connectivity index (χ4v) is 12.0. The number of hydrogen-bond donors (Lipinski definition) is 3. The summed E-state index contributed by atoms with van der Waals surface area (Å²) in [7, 11) is -9.97. The average Bonchev–Trinajstić information content (AvgIpc) is 0.909. The third-order valence-corrected chi connectivity index (χ3v) is 18.4. The van der Waals surface area contributed by atoms with Crippen LogP contribution in [-0.2, 0) is 65.4 Å². The van der Waals surface area contributed by atoms with E-state index >= 15 is 0 Å². The minimum Gasteiger partial charge on any atom is -0.462 e. The van der Waals surface area contributed by atoms with Crippen molar-refractivity contribution in [3.05, 3.63) is 122 Å². The number of hydrogen-bond acceptors (Lipinski definition) is 15. The minimum atomic E-state index is -4.99. The molecular weight excluding hydrogens is 1330 g/mol. The molecule has 0 aliphatic rings. The number of carbonyl (C=O) groups is 4. The van der Waals surface area contributed by atoms with Gasteiger partial charge in [-0.25, -0.2) is 9.13 Å². The minimum absolute atomic E-state index is 0.0832. The molecular formula is C83H142O17P2. The maximum atomic E-state index is 13.1. The highest BCUT2D eigenvalue weighted by Crippen LogP contribution is 2.45. The predicted octanol–water partition coefficient (Wildman–Crippen LogP) is 23.1. The van der Waals surface area contributed by atoms with Crippen LogP contribution in [0.4, 0.5) is 0 Å². The van der Waals surface area contributed by atoms with E-state index in [4.69, 9.17) is 37.0 Å². The molecule has 0 aromatic carbocycles. The van der Waals surface area contributed by atoms with Crippen LogP contribution in [0.1, 0.15) is 323 Å². The van der Waals surface area contributed by atoms with Crippen LogP contribution >= 0.6 is 15.6 Å². The fourth-order valence-electron chi connectivity index (χ4n) is 10.5. The normalized spacial score (nSPS) is 14.5. The number of unbranched alkanes of at least 4 members (excludes halogenated alkanes) is 28. The van der Waals surface area contributed by atoms with E-state index in [2.05, 4.69) is 137 Å². The van der Waals surface area contributed by atoms with Gasteiger partial charge in [-0.15, -0.1) is 0 Å². The Balaban J connectivity index is 5.40. The van der Waals surface area contributed by atoms with Crippen LogP contribution in [0.5, 0.6) is 0 Å². The maximum absolute atomic E-state index is 13.1. The summed E-state index contributed by atoms with van der Waals surface area (Å²) in [4.78, 5) is 72.9. The van der Waals surface area contributed by atoms with Gasteiger partial charge < -0.3 is 33.8 Å². The topological polar surface area (TPSA) is 237 Å². The smallest absolute Gasteiger partial charge is 0.462 e. The van der Waals surface area contributed by atoms with E-state index < -0.39 is 97.5 Å². The van der Waals surface area contributed by atoms with Gasteiger partial charge in [0.25, 0.3) is 0 Å². The van der Waals surface area contributed by atoms with Gasteiger partial charge in [0, 0.05) is 25.7 Å². The predicted molar refractivity (Wildman–Crippen MR) is 418 cm³/mol. The summed E-state index contributed by atoms with van der Waals surface area (Å²) in [5.74, 6) is -2.27. The molecule has 3 N–H and O–H groups in total. The molecule has 0 aromatic heterocycles. The second-order valence-electron chi connectivity index (χ2n) is 26.3. The molecule has 0 aliphatic heterocycles. The largest absolute Gasteiger partial charge is 0.472 e. The van der Waals surface area contributed by atoms with E-state index in [0.29, 0.717) is 32.1 Å². The summed E-state index contributed by atoms with van der Waals surface area (Å²) in [6.07, 6.45) is 81.9. The summed E-state index contributed by atoms with van der Waals surface area (Å²) in [5.41, 5.74) is 0. The number of aliphatic hydroxyl groups excluding tert-OH is 1. The Morgan fingerprint density at radius 3 is 0.824 bits per heavy atom. The number of allylic oxidation sites excluding steroid dienone is 20. The first-order chi connectivity index (χ1) is 49.7. The van der Waals surface area contributed by atoms with Crippen molar-refractivity contribution in [3.63, 3.8) is 0 Å². The van der Waals surface area contributed by atoms with Crippen LogP contribution in [0.15, 0.2) is 122 Å². The van der Waals surface area contributed by atoms with Gasteiger partial charge >= 0.3 is 39.5 Å². The summed E-state index contributed by atoms with van der Waals surface area (Å²) < 4.78 is 68.5. The summed E-state index contributed by atoms with van der Waals surface area (Å²) >= 11 is 0. The van der Waals surface area contributed by atoms with Crippen LogP contribution in [0, 0.1) is 0 Å². The van der Waals surface area contributed by atoms with Crippen molar-refractivity contribution in [1.82, 2.24) is 0 Å². The van der Waals surface area contributed by atoms with Gasteiger partial charge in [-0.3, -0.25) is 37.3 Å². The van der Waals surface area contributed by atoms with Crippen molar-refractivity contribution in [2.45, 2.75) is 341 Å². The molecule has 0 saturated heterocycles. The highest BCUT2D eigenvalue weighted by Gasteiger charge is 2.30. The molecule has 0 heterocycles. The molecule has 102 heavy (non-hydrogen) atoms. The Labute approximate surface area is 619 Å². The summed E-state index contributed by atoms with van der Waals surface area (Å²) in [6, 6.07) is 0. The molecule has 0 saturated carbocycles. The van der Waals surface area contributed by atoms with Crippen molar-refractivity contribution in [3.8, 4) is 0 Å². The van der Waals surface area contributed by atoms with Crippen LogP contribution in [0.25, 0.3) is 0 Å². The third-order valence-electron chi connectivity index (χ3n) is 16.5. The monoisotopic (exact) mass is 1470 g/mol. The van der Waals surface area contributed by atoms with Gasteiger partial charge in [-0.1, -0.05) is 310 Å². The summed E-state index contributed by atoms with van der Waals surface area (Å²) in [5, 5.41) is 10.6. The van der Waals surface area contributed by atoms with Crippen LogP contribution < -0.4 is 0 Å². The Hall–Kier alpha value is -4.54. The molecule has 0 amide bonds. The van der Waals surface area contributed by atoms with Crippen LogP contribution in [0.2, 0.25) is 0 Å². The first-order valence-electron chi connectivity index (χ1n) is 39.8. The van der Waals surface area contributed by atoms with E-state index in [-0.39, 0.29) is 25.7 Å². The zero-order valence-corrected chi connectivity index (χ0v) is 65.8. The van der Waals surface area contributed by atoms with Gasteiger partial charge in [-0.05, 0) is 109 Å². The Morgan fingerprint density at radius 2 is 0.520 bits per heavy atom. The van der Waals surface area contributed by atoms with Gasteiger partial charge in [0.2, 0.25) is 0 Å². The lowest BCUT2D eigenvalue weighted by Gasteiger charge is -2.21. The maximum Gasteiger partial charge on any atom is 0.472 e. The number of phosphoric ester groups is 2. The number of ether oxygens (including phenoxy) is 4. The molecule has 5 atom stereocenters. The molecule has 0 bridgehead atoms. The van der Waals surface area contributed by atoms with Gasteiger partial charge in [0.15, 0.2) is 12.2 Å². The first kappa shape index (κ1) is 97.5. The Bertz CT molecular complexity index is 2410. The lowest BCUT2D eigenvalue weighted by molar-refractivity contribution is -0.161. The van der Waals surface area contributed by atoms with Crippen LogP contribution in [-0.4, -0.2) is 96.7 Å². The standard InChI is InChI=1S/C83H142O17P2/c1-5-9-13-17-21-25-29-33-35-37-38-40-42-46-48-52-56-60-64-68-81(86)94-74-79(100-83(88)70-66-62-58-54-50-44-32-28-24-20-16-12-8-4)76-98-102(91,92)96-72-77(84)71-95-101(89,90)97-75-78(99-82(87)69-65-61-57-53-49-43-31-27-23-19-15-11-7-3)73-93-80(85)67-63-59-55-51-47-45-41-39-36-34-30-26-22-18-14-10-6-2/h9-10,13-14,21-22,25-26,33-36,38,40-41,45-46,48,51,55,77-79,84H,5-8,11-12,15-20,23-24,27-32,37,39,42-44,47,49-50,52-54,56-76H2,1-4H3,(H,89,90)(H,91,92)/b13-9-,14-10-,25-21-,26-22-,35-33-,36-34-,40-38-,45-41-,48-46-,55-51-. The quantitative estimate of drug-likeness (QED) is 0.0169. The van der Waals surface area contributed by atoms with Gasteiger partial charge in [-0.2, -0.15) is 0 Å². The van der Waals surface area contributed by atoms with Crippen molar-refractivity contribution in [2.24, 2.45) is 0 Å². The van der Waals surface area contributed by atoms with E-state index in [1.807, 2.05) is 12.2 Å². The zero-order chi connectivity index (χ0) is 74.6. The molecule has 0 radical (unpaired) electrons. The second-order valence-corrected chi connectivity index (χ2v) is 29.2. The molecule has 586 valence electrons. The number of esters is 4. The SMILES string of the molecule is CC/C=C\C/C=C\C/C=C\C/C=C\C/C=C\CCCCCC(=O)OCC(COP(=O)(O)OCC(O)COP(=O)(O)OCC(COC(=O)CCC/C=C\C/C=C\C/C=C\C/C=C\C/C=C\CC)OC(=O)CCCCCCCCCCCCCCC)OC(=O)CCCCCCCCCCCCCCC. The average molecular weight is 1470 g/mol. The zero-order valence-electron chi connectivity index (χ0n) is 64.0. The Morgan fingerprint density at radius 1 is 0.284 bits per heavy atom. The molecule has 0 aromatic rings. The van der Waals surface area contributed by atoms with Gasteiger partial charge in [0.05, 0.1) is 26.4 Å². The number of phosphoric acid groups is 2. The fraction of sp³-hybridized carbons (Fsp3) is 0.711. The molecule has 0 spiro atoms. The van der Waals surface area contributed by atoms with Crippen molar-refractivity contribution < 1.29 is 80.2 Å². The first-order valence-corrected chi connectivity index (χ1v) is 42.8. The highest BCUT2D eigenvalue weighted by molar-refractivity contribution is 7.47. The molecule has 0 rings (SSSR count). The molecule has 19 heteroatoms. The number of carbonyl (C=O) groups excluding carboxylic acids is 4. The molecule has 5 unspecified atom stereocenters. The van der Waals surface area contributed by atoms with E-state index in [0.717, 1.165) is 135 Å². The molecule has 17 nitrogen and oxygen atoms in total. The van der Waals surface area contributed by atoms with E-state index in [1.54, 1.807) is 0 Å². The van der Waals surface area contributed by atoms with E-state index in [9.17, 15) is 43.2 Å². The molecule has 0 aliphatic carbocycles. The third kappa shape index (κ3) is 73.8. The van der Waals surface area contributed by atoms with Crippen molar-refractivity contribution >= 4 is 39.5 Å². The second kappa shape index (κ2) is 74.7. The Kier molecular flexibility index (Phi) is 71.4. The lowest BCUT2D eigenvalue weighted by Crippen LogP contribution is -2.30. The molecule has 0 fully saturated rings. The van der Waals surface area contributed by atoms with E-state index in [1.165, 1.54) is 103 Å². The van der Waals surface area contributed by atoms with Gasteiger partial charge in [0.1, 0.15) is 19.3 Å². The number of aliphatic hydroxyl groups is 1. The lowest BCUT2D eigenvalue weighted by atomic mass is 10.0. The van der Waals surface area contributed by atoms with Crippen molar-refractivity contribution in [1.29, 1.82) is 0 Å². The highest BCUT2D eigenvalue weighted by atomic mass is 31.2. The van der Waals surface area contributed by atoms with Crippen LogP contribution in [0.3, 0.4) is 0 Å². The number of rotatable bonds is 74. The van der Waals surface area contributed by atoms with Crippen molar-refractivity contribution in [2.75, 3.05) is 39.6 Å².